The SMILES string of the molecule is O=[N+]([O-])c1cc2c(cc1CN1CCC[C@H]3CCCC[C@H]31)OCO2. The Morgan fingerprint density at radius 1 is 1.13 bits per heavy atom. The highest BCUT2D eigenvalue weighted by atomic mass is 16.7. The molecule has 0 unspecified atom stereocenters. The van der Waals surface area contributed by atoms with Crippen molar-refractivity contribution in [1.29, 1.82) is 0 Å². The van der Waals surface area contributed by atoms with Gasteiger partial charge in [-0.3, -0.25) is 15.0 Å². The van der Waals surface area contributed by atoms with Crippen LogP contribution in [0.15, 0.2) is 12.1 Å². The summed E-state index contributed by atoms with van der Waals surface area (Å²) in [6.45, 7) is 1.81. The summed E-state index contributed by atoms with van der Waals surface area (Å²) in [5.41, 5.74) is 0.887. The first-order chi connectivity index (χ1) is 11.2. The van der Waals surface area contributed by atoms with E-state index in [1.807, 2.05) is 0 Å². The maximum Gasteiger partial charge on any atom is 0.277 e. The van der Waals surface area contributed by atoms with Crippen molar-refractivity contribution in [3.05, 3.63) is 27.8 Å². The summed E-state index contributed by atoms with van der Waals surface area (Å²) in [4.78, 5) is 13.6. The van der Waals surface area contributed by atoms with Crippen LogP contribution in [0, 0.1) is 16.0 Å². The first-order valence-corrected chi connectivity index (χ1v) is 8.53. The molecule has 0 aromatic heterocycles. The zero-order chi connectivity index (χ0) is 15.8. The fourth-order valence-corrected chi connectivity index (χ4v) is 4.41. The van der Waals surface area contributed by atoms with Crippen LogP contribution >= 0.6 is 0 Å². The van der Waals surface area contributed by atoms with Gasteiger partial charge in [-0.25, -0.2) is 0 Å². The predicted octanol–water partition coefficient (Wildman–Crippen LogP) is 3.48. The molecule has 2 atom stereocenters. The summed E-state index contributed by atoms with van der Waals surface area (Å²) in [5.74, 6) is 1.88. The number of benzene rings is 1. The average Bonchev–Trinajstić information content (AvgIpc) is 3.01. The molecule has 2 heterocycles. The number of rotatable bonds is 3. The molecule has 6 heteroatoms. The predicted molar refractivity (Wildman–Crippen MR) is 84.6 cm³/mol. The van der Waals surface area contributed by atoms with Gasteiger partial charge in [0.15, 0.2) is 11.5 Å². The topological polar surface area (TPSA) is 64.8 Å². The molecule has 23 heavy (non-hydrogen) atoms. The van der Waals surface area contributed by atoms with Crippen molar-refractivity contribution in [2.24, 2.45) is 5.92 Å². The lowest BCUT2D eigenvalue weighted by Crippen LogP contribution is -2.46. The third-order valence-corrected chi connectivity index (χ3v) is 5.50. The molecule has 6 nitrogen and oxygen atoms in total. The Morgan fingerprint density at radius 2 is 1.87 bits per heavy atom. The molecule has 1 saturated carbocycles. The van der Waals surface area contributed by atoms with Gasteiger partial charge in [-0.1, -0.05) is 12.8 Å². The van der Waals surface area contributed by atoms with E-state index in [1.165, 1.54) is 44.6 Å². The monoisotopic (exact) mass is 318 g/mol. The van der Waals surface area contributed by atoms with Crippen LogP contribution in [-0.4, -0.2) is 29.2 Å². The zero-order valence-electron chi connectivity index (χ0n) is 13.2. The normalized spacial score (nSPS) is 26.8. The number of likely N-dealkylation sites (tertiary alicyclic amines) is 1. The van der Waals surface area contributed by atoms with Crippen LogP contribution in [-0.2, 0) is 6.54 Å². The van der Waals surface area contributed by atoms with Crippen molar-refractivity contribution in [1.82, 2.24) is 4.90 Å². The van der Waals surface area contributed by atoms with Gasteiger partial charge in [0.25, 0.3) is 5.69 Å². The highest BCUT2D eigenvalue weighted by Crippen LogP contribution is 2.40. The molecule has 2 fully saturated rings. The second kappa shape index (κ2) is 6.00. The fourth-order valence-electron chi connectivity index (χ4n) is 4.41. The number of hydrogen-bond acceptors (Lipinski definition) is 5. The molecule has 124 valence electrons. The maximum absolute atomic E-state index is 11.4. The molecule has 1 saturated heterocycles. The Balaban J connectivity index is 1.61. The first-order valence-electron chi connectivity index (χ1n) is 8.53. The molecule has 1 aromatic rings. The second-order valence-electron chi connectivity index (χ2n) is 6.82. The van der Waals surface area contributed by atoms with Crippen LogP contribution in [0.1, 0.15) is 44.1 Å². The van der Waals surface area contributed by atoms with Gasteiger partial charge in [0, 0.05) is 18.2 Å². The highest BCUT2D eigenvalue weighted by Gasteiger charge is 2.34. The number of fused-ring (bicyclic) bond motifs is 2. The van der Waals surface area contributed by atoms with Crippen LogP contribution in [0.2, 0.25) is 0 Å². The Kier molecular flexibility index (Phi) is 3.85. The van der Waals surface area contributed by atoms with Gasteiger partial charge in [0.2, 0.25) is 6.79 Å². The van der Waals surface area contributed by atoms with Crippen molar-refractivity contribution in [3.8, 4) is 11.5 Å². The molecule has 0 spiro atoms. The van der Waals surface area contributed by atoms with Crippen molar-refractivity contribution in [2.75, 3.05) is 13.3 Å². The maximum atomic E-state index is 11.4. The Hall–Kier alpha value is -1.82. The zero-order valence-corrected chi connectivity index (χ0v) is 13.2. The van der Waals surface area contributed by atoms with E-state index < -0.39 is 0 Å². The summed E-state index contributed by atoms with van der Waals surface area (Å²) in [5, 5.41) is 11.4. The third kappa shape index (κ3) is 2.76. The number of ether oxygens (including phenoxy) is 2. The van der Waals surface area contributed by atoms with E-state index in [0.717, 1.165) is 18.0 Å². The lowest BCUT2D eigenvalue weighted by molar-refractivity contribution is -0.385. The smallest absolute Gasteiger partial charge is 0.277 e. The molecular formula is C17H22N2O4. The van der Waals surface area contributed by atoms with Crippen LogP contribution in [0.25, 0.3) is 0 Å². The standard InChI is InChI=1S/C17H22N2O4/c20-19(21)15-9-17-16(22-11-23-17)8-13(15)10-18-7-3-5-12-4-1-2-6-14(12)18/h8-9,12,14H,1-7,10-11H2/t12-,14-/m1/s1. The number of piperidine rings is 1. The van der Waals surface area contributed by atoms with Gasteiger partial charge < -0.3 is 9.47 Å². The van der Waals surface area contributed by atoms with Gasteiger partial charge >= 0.3 is 0 Å². The molecule has 3 aliphatic rings. The van der Waals surface area contributed by atoms with Crippen LogP contribution in [0.3, 0.4) is 0 Å². The van der Waals surface area contributed by atoms with Crippen LogP contribution in [0.5, 0.6) is 11.5 Å². The Bertz CT molecular complexity index is 617. The lowest BCUT2D eigenvalue weighted by atomic mass is 9.78. The summed E-state index contributed by atoms with van der Waals surface area (Å²) in [6, 6.07) is 3.90. The Labute approximate surface area is 135 Å². The summed E-state index contributed by atoms with van der Waals surface area (Å²) in [7, 11) is 0. The van der Waals surface area contributed by atoms with Gasteiger partial charge in [0.05, 0.1) is 11.0 Å². The van der Waals surface area contributed by atoms with Crippen molar-refractivity contribution < 1.29 is 14.4 Å². The minimum absolute atomic E-state index is 0.143. The molecule has 0 amide bonds. The van der Waals surface area contributed by atoms with Gasteiger partial charge in [-0.2, -0.15) is 0 Å². The fraction of sp³-hybridized carbons (Fsp3) is 0.647. The summed E-state index contributed by atoms with van der Waals surface area (Å²) in [6.07, 6.45) is 7.65. The van der Waals surface area contributed by atoms with E-state index in [-0.39, 0.29) is 17.4 Å². The number of nitro groups is 1. The molecule has 4 rings (SSSR count). The second-order valence-corrected chi connectivity index (χ2v) is 6.82. The molecule has 0 N–H and O–H groups in total. The van der Waals surface area contributed by atoms with Gasteiger partial charge in [-0.15, -0.1) is 0 Å². The molecule has 0 radical (unpaired) electrons. The number of hydrogen-bond donors (Lipinski definition) is 0. The lowest BCUT2D eigenvalue weighted by Gasteiger charge is -2.44. The third-order valence-electron chi connectivity index (χ3n) is 5.50. The first kappa shape index (κ1) is 14.8. The summed E-state index contributed by atoms with van der Waals surface area (Å²) < 4.78 is 10.7. The van der Waals surface area contributed by atoms with Crippen LogP contribution in [0.4, 0.5) is 5.69 Å². The van der Waals surface area contributed by atoms with Gasteiger partial charge in [-0.05, 0) is 44.2 Å². The van der Waals surface area contributed by atoms with Crippen molar-refractivity contribution in [3.63, 3.8) is 0 Å². The van der Waals surface area contributed by atoms with Crippen LogP contribution < -0.4 is 9.47 Å². The minimum Gasteiger partial charge on any atom is -0.454 e. The highest BCUT2D eigenvalue weighted by molar-refractivity contribution is 5.55. The van der Waals surface area contributed by atoms with E-state index >= 15 is 0 Å². The van der Waals surface area contributed by atoms with Gasteiger partial charge in [0.1, 0.15) is 0 Å². The minimum atomic E-state index is -0.306. The van der Waals surface area contributed by atoms with Crippen molar-refractivity contribution in [2.45, 2.75) is 51.1 Å². The molecule has 1 aromatic carbocycles. The van der Waals surface area contributed by atoms with Crippen molar-refractivity contribution >= 4 is 5.69 Å². The van der Waals surface area contributed by atoms with E-state index in [9.17, 15) is 10.1 Å². The molecule has 1 aliphatic carbocycles. The molecular weight excluding hydrogens is 296 g/mol. The van der Waals surface area contributed by atoms with E-state index in [1.54, 1.807) is 6.07 Å². The molecule has 0 bridgehead atoms. The van der Waals surface area contributed by atoms with E-state index in [4.69, 9.17) is 9.47 Å². The summed E-state index contributed by atoms with van der Waals surface area (Å²) >= 11 is 0. The number of nitro benzene ring substituents is 1. The van der Waals surface area contributed by atoms with E-state index in [0.29, 0.717) is 24.1 Å². The number of nitrogens with zero attached hydrogens (tertiary/aromatic N) is 2. The largest absolute Gasteiger partial charge is 0.454 e. The van der Waals surface area contributed by atoms with E-state index in [2.05, 4.69) is 4.90 Å². The molecule has 2 aliphatic heterocycles. The average molecular weight is 318 g/mol. The Morgan fingerprint density at radius 3 is 2.70 bits per heavy atom. The quantitative estimate of drug-likeness (QED) is 0.630.